The van der Waals surface area contributed by atoms with Crippen LogP contribution in [0.25, 0.3) is 0 Å². The first kappa shape index (κ1) is 15.9. The van der Waals surface area contributed by atoms with Crippen LogP contribution in [0.1, 0.15) is 30.7 Å². The van der Waals surface area contributed by atoms with Crippen LogP contribution in [0.2, 0.25) is 0 Å². The van der Waals surface area contributed by atoms with Crippen LogP contribution in [-0.2, 0) is 22.6 Å². The highest BCUT2D eigenvalue weighted by atomic mass is 32.2. The number of nitrogens with zero attached hydrogens (tertiary/aromatic N) is 2. The van der Waals surface area contributed by atoms with Gasteiger partial charge in [0.15, 0.2) is 0 Å². The molecule has 3 rings (SSSR count). The van der Waals surface area contributed by atoms with Crippen LogP contribution in [0.15, 0.2) is 11.4 Å². The van der Waals surface area contributed by atoms with E-state index >= 15 is 0 Å². The van der Waals surface area contributed by atoms with Crippen molar-refractivity contribution in [1.29, 1.82) is 0 Å². The predicted molar refractivity (Wildman–Crippen MR) is 90.9 cm³/mol. The summed E-state index contributed by atoms with van der Waals surface area (Å²) in [5.74, 6) is 1.63. The number of thioether (sulfide) groups is 1. The molecule has 1 aromatic rings. The van der Waals surface area contributed by atoms with Crippen molar-refractivity contribution in [2.45, 2.75) is 39.3 Å². The van der Waals surface area contributed by atoms with Crippen molar-refractivity contribution in [1.82, 2.24) is 9.80 Å². The topological polar surface area (TPSA) is 40.6 Å². The molecule has 0 saturated carbocycles. The number of hydrogen-bond donors (Lipinski definition) is 0. The van der Waals surface area contributed by atoms with Gasteiger partial charge in [-0.1, -0.05) is 13.8 Å². The highest BCUT2D eigenvalue weighted by Gasteiger charge is 2.38. The zero-order valence-corrected chi connectivity index (χ0v) is 14.7. The Labute approximate surface area is 139 Å². The van der Waals surface area contributed by atoms with Gasteiger partial charge in [-0.2, -0.15) is 0 Å². The molecule has 2 aliphatic heterocycles. The van der Waals surface area contributed by atoms with E-state index < -0.39 is 0 Å². The van der Waals surface area contributed by atoms with E-state index in [9.17, 15) is 9.59 Å². The Hall–Kier alpha value is -1.01. The van der Waals surface area contributed by atoms with E-state index in [0.29, 0.717) is 12.4 Å². The van der Waals surface area contributed by atoms with E-state index in [2.05, 4.69) is 11.4 Å². The minimum Gasteiger partial charge on any atom is -0.336 e. The molecule has 0 radical (unpaired) electrons. The number of rotatable bonds is 3. The molecule has 0 bridgehead atoms. The van der Waals surface area contributed by atoms with Crippen LogP contribution < -0.4 is 0 Å². The second-order valence-corrected chi connectivity index (χ2v) is 8.01. The summed E-state index contributed by atoms with van der Waals surface area (Å²) in [6, 6.07) is 1.84. The smallest absolute Gasteiger partial charge is 0.246 e. The molecule has 0 N–H and O–H groups in total. The van der Waals surface area contributed by atoms with E-state index in [-0.39, 0.29) is 23.8 Å². The minimum atomic E-state index is -0.272. The number of carbonyl (C=O) groups is 2. The average Bonchev–Trinajstić information content (AvgIpc) is 3.20. The molecule has 0 spiro atoms. The molecule has 2 aliphatic rings. The fourth-order valence-electron chi connectivity index (χ4n) is 2.97. The van der Waals surface area contributed by atoms with Gasteiger partial charge >= 0.3 is 0 Å². The summed E-state index contributed by atoms with van der Waals surface area (Å²) in [6.45, 7) is 5.44. The zero-order chi connectivity index (χ0) is 15.7. The monoisotopic (exact) mass is 338 g/mol. The van der Waals surface area contributed by atoms with Gasteiger partial charge in [0, 0.05) is 29.6 Å². The predicted octanol–water partition coefficient (Wildman–Crippen LogP) is 2.58. The lowest BCUT2D eigenvalue weighted by Crippen LogP contribution is -2.51. The minimum absolute atomic E-state index is 0.00108. The van der Waals surface area contributed by atoms with Crippen LogP contribution in [0.5, 0.6) is 0 Å². The van der Waals surface area contributed by atoms with E-state index in [1.54, 1.807) is 28.0 Å². The van der Waals surface area contributed by atoms with Crippen molar-refractivity contribution in [2.75, 3.05) is 18.2 Å². The van der Waals surface area contributed by atoms with Gasteiger partial charge < -0.3 is 9.80 Å². The van der Waals surface area contributed by atoms with Gasteiger partial charge in [0.1, 0.15) is 6.04 Å². The quantitative estimate of drug-likeness (QED) is 0.850. The maximum absolute atomic E-state index is 12.9. The molecule has 120 valence electrons. The van der Waals surface area contributed by atoms with Gasteiger partial charge in [-0.25, -0.2) is 0 Å². The van der Waals surface area contributed by atoms with Crippen molar-refractivity contribution in [3.05, 3.63) is 21.9 Å². The van der Waals surface area contributed by atoms with Crippen molar-refractivity contribution < 1.29 is 9.59 Å². The van der Waals surface area contributed by atoms with E-state index in [0.717, 1.165) is 25.1 Å². The van der Waals surface area contributed by atoms with Crippen LogP contribution in [-0.4, -0.2) is 45.8 Å². The Balaban J connectivity index is 1.70. The molecule has 0 aliphatic carbocycles. The number of hydrogen-bond acceptors (Lipinski definition) is 4. The molecule has 22 heavy (non-hydrogen) atoms. The molecule has 0 unspecified atom stereocenters. The molecule has 0 aromatic carbocycles. The summed E-state index contributed by atoms with van der Waals surface area (Å²) in [7, 11) is 0. The maximum atomic E-state index is 12.9. The Bertz CT molecular complexity index is 572. The SMILES string of the molecule is CC[C@@H](C)C(=O)N1CSC[C@@H]1C(=O)N1CCc2sccc2C1. The summed E-state index contributed by atoms with van der Waals surface area (Å²) in [4.78, 5) is 30.5. The first-order valence-electron chi connectivity index (χ1n) is 7.84. The molecule has 2 amide bonds. The normalized spacial score (nSPS) is 22.5. The average molecular weight is 338 g/mol. The van der Waals surface area contributed by atoms with E-state index in [1.807, 2.05) is 18.7 Å². The molecule has 6 heteroatoms. The van der Waals surface area contributed by atoms with Gasteiger partial charge in [-0.05, 0) is 29.9 Å². The van der Waals surface area contributed by atoms with Crippen molar-refractivity contribution in [3.63, 3.8) is 0 Å². The molecule has 1 fully saturated rings. The van der Waals surface area contributed by atoms with Crippen molar-refractivity contribution in [2.24, 2.45) is 5.92 Å². The lowest BCUT2D eigenvalue weighted by Gasteiger charge is -2.33. The second-order valence-electron chi connectivity index (χ2n) is 6.01. The standard InChI is InChI=1S/C16H22N2O2S2/c1-3-11(2)15(19)18-10-21-9-13(18)16(20)17-6-4-14-12(8-17)5-7-22-14/h5,7,11,13H,3-4,6,8-10H2,1-2H3/t11-,13-/m1/s1. The zero-order valence-electron chi connectivity index (χ0n) is 13.1. The highest BCUT2D eigenvalue weighted by molar-refractivity contribution is 7.99. The Morgan fingerprint density at radius 2 is 2.27 bits per heavy atom. The Morgan fingerprint density at radius 1 is 1.45 bits per heavy atom. The maximum Gasteiger partial charge on any atom is 0.246 e. The summed E-state index contributed by atoms with van der Waals surface area (Å²) >= 11 is 3.46. The number of carbonyl (C=O) groups excluding carboxylic acids is 2. The van der Waals surface area contributed by atoms with Gasteiger partial charge in [0.2, 0.25) is 11.8 Å². The van der Waals surface area contributed by atoms with Crippen LogP contribution >= 0.6 is 23.1 Å². The Morgan fingerprint density at radius 3 is 3.05 bits per heavy atom. The lowest BCUT2D eigenvalue weighted by molar-refractivity contribution is -0.145. The third-order valence-corrected chi connectivity index (χ3v) is 6.64. The number of thiophene rings is 1. The summed E-state index contributed by atoms with van der Waals surface area (Å²) in [5.41, 5.74) is 1.27. The fourth-order valence-corrected chi connectivity index (χ4v) is 5.01. The molecular formula is C16H22N2O2S2. The van der Waals surface area contributed by atoms with Crippen LogP contribution in [0, 0.1) is 5.92 Å². The van der Waals surface area contributed by atoms with Gasteiger partial charge in [0.05, 0.1) is 5.88 Å². The second kappa shape index (κ2) is 6.62. The van der Waals surface area contributed by atoms with Crippen LogP contribution in [0.4, 0.5) is 0 Å². The third kappa shape index (κ3) is 2.91. The van der Waals surface area contributed by atoms with Crippen molar-refractivity contribution in [3.8, 4) is 0 Å². The first-order chi connectivity index (χ1) is 10.6. The highest BCUT2D eigenvalue weighted by Crippen LogP contribution is 2.28. The summed E-state index contributed by atoms with van der Waals surface area (Å²) < 4.78 is 0. The van der Waals surface area contributed by atoms with E-state index in [4.69, 9.17) is 0 Å². The lowest BCUT2D eigenvalue weighted by atomic mass is 10.1. The molecule has 1 aromatic heterocycles. The molecule has 3 heterocycles. The van der Waals surface area contributed by atoms with Crippen molar-refractivity contribution >= 4 is 34.9 Å². The van der Waals surface area contributed by atoms with Gasteiger partial charge in [-0.3, -0.25) is 9.59 Å². The largest absolute Gasteiger partial charge is 0.336 e. The Kier molecular flexibility index (Phi) is 4.78. The molecule has 1 saturated heterocycles. The summed E-state index contributed by atoms with van der Waals surface area (Å²) in [5, 5.41) is 2.10. The molecule has 4 nitrogen and oxygen atoms in total. The third-order valence-electron chi connectivity index (χ3n) is 4.60. The van der Waals surface area contributed by atoms with Gasteiger partial charge in [0.25, 0.3) is 0 Å². The number of fused-ring (bicyclic) bond motifs is 1. The van der Waals surface area contributed by atoms with E-state index in [1.165, 1.54) is 10.4 Å². The van der Waals surface area contributed by atoms with Gasteiger partial charge in [-0.15, -0.1) is 23.1 Å². The molecular weight excluding hydrogens is 316 g/mol. The summed E-state index contributed by atoms with van der Waals surface area (Å²) in [6.07, 6.45) is 1.76. The fraction of sp³-hybridized carbons (Fsp3) is 0.625. The molecule has 2 atom stereocenters. The number of amides is 2. The first-order valence-corrected chi connectivity index (χ1v) is 9.87. The van der Waals surface area contributed by atoms with Crippen LogP contribution in [0.3, 0.4) is 0 Å².